The van der Waals surface area contributed by atoms with Crippen molar-refractivity contribution in [1.29, 1.82) is 0 Å². The third-order valence-corrected chi connectivity index (χ3v) is 2.53. The fourth-order valence-corrected chi connectivity index (χ4v) is 1.54. The van der Waals surface area contributed by atoms with Gasteiger partial charge in [0.2, 0.25) is 5.89 Å². The van der Waals surface area contributed by atoms with Crippen molar-refractivity contribution in [3.63, 3.8) is 0 Å². The molecule has 0 aliphatic rings. The largest absolute Gasteiger partial charge is 0.419 e. The first-order valence-electron chi connectivity index (χ1n) is 5.83. The van der Waals surface area contributed by atoms with Crippen LogP contribution in [0.5, 0.6) is 0 Å². The first-order chi connectivity index (χ1) is 8.65. The molecule has 5 nitrogen and oxygen atoms in total. The third kappa shape index (κ3) is 3.51. The molecule has 1 N–H and O–H groups in total. The van der Waals surface area contributed by atoms with Gasteiger partial charge in [0.1, 0.15) is 5.69 Å². The molecule has 0 aromatic carbocycles. The average Bonchev–Trinajstić information content (AvgIpc) is 2.78. The van der Waals surface area contributed by atoms with Crippen molar-refractivity contribution < 1.29 is 4.42 Å². The van der Waals surface area contributed by atoms with Gasteiger partial charge in [-0.15, -0.1) is 10.2 Å². The maximum Gasteiger partial charge on any atom is 0.266 e. The molecule has 96 valence electrons. The molecule has 0 amide bonds. The van der Waals surface area contributed by atoms with E-state index in [2.05, 4.69) is 34.3 Å². The highest BCUT2D eigenvalue weighted by molar-refractivity contribution is 6.30. The van der Waals surface area contributed by atoms with Crippen LogP contribution in [0.3, 0.4) is 0 Å². The lowest BCUT2D eigenvalue weighted by molar-refractivity contribution is 0.483. The Morgan fingerprint density at radius 2 is 2.17 bits per heavy atom. The normalized spacial score (nSPS) is 11.1. The van der Waals surface area contributed by atoms with E-state index >= 15 is 0 Å². The lowest BCUT2D eigenvalue weighted by atomic mass is 10.3. The Hall–Kier alpha value is -1.46. The molecule has 2 aromatic heterocycles. The van der Waals surface area contributed by atoms with E-state index in [1.807, 2.05) is 0 Å². The van der Waals surface area contributed by atoms with E-state index in [1.165, 1.54) is 0 Å². The molecule has 2 aromatic rings. The van der Waals surface area contributed by atoms with Crippen molar-refractivity contribution in [3.8, 4) is 11.6 Å². The molecule has 0 radical (unpaired) electrons. The number of halogens is 1. The van der Waals surface area contributed by atoms with Crippen LogP contribution in [0.1, 0.15) is 19.7 Å². The van der Waals surface area contributed by atoms with Crippen molar-refractivity contribution in [3.05, 3.63) is 29.2 Å². The third-order valence-electron chi connectivity index (χ3n) is 2.30. The maximum atomic E-state index is 5.77. The van der Waals surface area contributed by atoms with Gasteiger partial charge in [0.25, 0.3) is 5.89 Å². The van der Waals surface area contributed by atoms with Crippen LogP contribution in [-0.4, -0.2) is 27.8 Å². The Bertz CT molecular complexity index is 495. The number of nitrogens with one attached hydrogen (secondary N) is 1. The van der Waals surface area contributed by atoms with Gasteiger partial charge in [0.15, 0.2) is 0 Å². The highest BCUT2D eigenvalue weighted by atomic mass is 35.5. The monoisotopic (exact) mass is 266 g/mol. The van der Waals surface area contributed by atoms with Crippen LogP contribution in [0.25, 0.3) is 11.6 Å². The Kier molecular flexibility index (Phi) is 4.28. The topological polar surface area (TPSA) is 63.8 Å². The van der Waals surface area contributed by atoms with E-state index in [-0.39, 0.29) is 0 Å². The molecule has 0 aliphatic carbocycles. The standard InChI is InChI=1S/C12H15ClN4O/c1-8(2)14-6-5-11-16-17-12(18-11)10-4-3-9(13)7-15-10/h3-4,7-8,14H,5-6H2,1-2H3. The van der Waals surface area contributed by atoms with Crippen LogP contribution in [0.15, 0.2) is 22.7 Å². The molecule has 2 rings (SSSR count). The van der Waals surface area contributed by atoms with E-state index in [9.17, 15) is 0 Å². The Labute approximate surface area is 111 Å². The van der Waals surface area contributed by atoms with Gasteiger partial charge in [0, 0.05) is 25.2 Å². The average molecular weight is 267 g/mol. The predicted molar refractivity (Wildman–Crippen MR) is 69.4 cm³/mol. The van der Waals surface area contributed by atoms with Crippen LogP contribution >= 0.6 is 11.6 Å². The Morgan fingerprint density at radius 3 is 2.83 bits per heavy atom. The molecule has 18 heavy (non-hydrogen) atoms. The van der Waals surface area contributed by atoms with Crippen molar-refractivity contribution >= 4 is 11.6 Å². The Balaban J connectivity index is 1.99. The molecular weight excluding hydrogens is 252 g/mol. The van der Waals surface area contributed by atoms with Crippen molar-refractivity contribution in [2.45, 2.75) is 26.3 Å². The summed E-state index contributed by atoms with van der Waals surface area (Å²) in [6.45, 7) is 5.00. The van der Waals surface area contributed by atoms with E-state index in [1.54, 1.807) is 18.3 Å². The summed E-state index contributed by atoms with van der Waals surface area (Å²) >= 11 is 5.77. The molecule has 6 heteroatoms. The predicted octanol–water partition coefficient (Wildman–Crippen LogP) is 2.33. The SMILES string of the molecule is CC(C)NCCc1nnc(-c2ccc(Cl)cn2)o1. The minimum absolute atomic E-state index is 0.422. The number of nitrogens with zero attached hydrogens (tertiary/aromatic N) is 3. The van der Waals surface area contributed by atoms with Gasteiger partial charge in [-0.2, -0.15) is 0 Å². The highest BCUT2D eigenvalue weighted by Gasteiger charge is 2.09. The first kappa shape index (κ1) is 13.0. The van der Waals surface area contributed by atoms with E-state index in [0.29, 0.717) is 35.0 Å². The summed E-state index contributed by atoms with van der Waals surface area (Å²) in [6.07, 6.45) is 2.26. The molecule has 0 saturated heterocycles. The second kappa shape index (κ2) is 5.93. The molecule has 0 fully saturated rings. The van der Waals surface area contributed by atoms with Crippen LogP contribution in [0.2, 0.25) is 5.02 Å². The minimum atomic E-state index is 0.422. The van der Waals surface area contributed by atoms with Crippen LogP contribution in [0, 0.1) is 0 Å². The molecule has 2 heterocycles. The van der Waals surface area contributed by atoms with E-state index < -0.39 is 0 Å². The summed E-state index contributed by atoms with van der Waals surface area (Å²) in [5, 5.41) is 11.8. The van der Waals surface area contributed by atoms with Gasteiger partial charge in [-0.05, 0) is 12.1 Å². The smallest absolute Gasteiger partial charge is 0.266 e. The number of aromatic nitrogens is 3. The van der Waals surface area contributed by atoms with Gasteiger partial charge in [-0.3, -0.25) is 0 Å². The summed E-state index contributed by atoms with van der Waals surface area (Å²) < 4.78 is 5.52. The number of pyridine rings is 1. The van der Waals surface area contributed by atoms with E-state index in [4.69, 9.17) is 16.0 Å². The second-order valence-electron chi connectivity index (χ2n) is 4.22. The fraction of sp³-hybridized carbons (Fsp3) is 0.417. The van der Waals surface area contributed by atoms with Gasteiger partial charge >= 0.3 is 0 Å². The lowest BCUT2D eigenvalue weighted by Crippen LogP contribution is -2.25. The highest BCUT2D eigenvalue weighted by Crippen LogP contribution is 2.17. The number of hydrogen-bond acceptors (Lipinski definition) is 5. The summed E-state index contributed by atoms with van der Waals surface area (Å²) in [5.41, 5.74) is 0.634. The van der Waals surface area contributed by atoms with E-state index in [0.717, 1.165) is 6.54 Å². The summed E-state index contributed by atoms with van der Waals surface area (Å²) in [5.74, 6) is 1.03. The van der Waals surface area contributed by atoms with Gasteiger partial charge in [-0.1, -0.05) is 25.4 Å². The molecule has 0 bridgehead atoms. The zero-order valence-corrected chi connectivity index (χ0v) is 11.1. The first-order valence-corrected chi connectivity index (χ1v) is 6.20. The van der Waals surface area contributed by atoms with Crippen LogP contribution in [-0.2, 0) is 6.42 Å². The molecule has 0 unspecified atom stereocenters. The second-order valence-corrected chi connectivity index (χ2v) is 4.66. The van der Waals surface area contributed by atoms with Crippen molar-refractivity contribution in [1.82, 2.24) is 20.5 Å². The van der Waals surface area contributed by atoms with Gasteiger partial charge in [0.05, 0.1) is 5.02 Å². The van der Waals surface area contributed by atoms with Crippen LogP contribution < -0.4 is 5.32 Å². The zero-order chi connectivity index (χ0) is 13.0. The van der Waals surface area contributed by atoms with Crippen molar-refractivity contribution in [2.75, 3.05) is 6.54 Å². The van der Waals surface area contributed by atoms with Crippen molar-refractivity contribution in [2.24, 2.45) is 0 Å². The number of hydrogen-bond donors (Lipinski definition) is 1. The summed E-state index contributed by atoms with van der Waals surface area (Å²) in [4.78, 5) is 4.13. The maximum absolute atomic E-state index is 5.77. The lowest BCUT2D eigenvalue weighted by Gasteiger charge is -2.04. The summed E-state index contributed by atoms with van der Waals surface area (Å²) in [6, 6.07) is 3.95. The quantitative estimate of drug-likeness (QED) is 0.900. The summed E-state index contributed by atoms with van der Waals surface area (Å²) in [7, 11) is 0. The fourth-order valence-electron chi connectivity index (χ4n) is 1.43. The molecule has 0 saturated carbocycles. The van der Waals surface area contributed by atoms with Gasteiger partial charge in [-0.25, -0.2) is 4.98 Å². The molecule has 0 atom stereocenters. The molecule has 0 spiro atoms. The molecule has 0 aliphatic heterocycles. The molecular formula is C12H15ClN4O. The zero-order valence-electron chi connectivity index (χ0n) is 10.4. The van der Waals surface area contributed by atoms with Gasteiger partial charge < -0.3 is 9.73 Å². The minimum Gasteiger partial charge on any atom is -0.419 e. The Morgan fingerprint density at radius 1 is 1.33 bits per heavy atom. The van der Waals surface area contributed by atoms with Crippen LogP contribution in [0.4, 0.5) is 0 Å². The number of rotatable bonds is 5.